The molecule has 1 aromatic carbocycles. The first kappa shape index (κ1) is 14.0. The van der Waals surface area contributed by atoms with E-state index in [0.717, 1.165) is 0 Å². The van der Waals surface area contributed by atoms with Gasteiger partial charge in [-0.15, -0.1) is 0 Å². The Kier molecular flexibility index (Phi) is 7.32. The maximum atomic E-state index is 11.2. The topological polar surface area (TPSA) is 60.4 Å². The second-order valence-electron chi connectivity index (χ2n) is 3.00. The number of carbonyl (C=O) groups excluding carboxylic acids is 3. The van der Waals surface area contributed by atoms with E-state index in [4.69, 9.17) is 4.79 Å². The first-order valence-electron chi connectivity index (χ1n) is 4.66. The van der Waals surface area contributed by atoms with E-state index in [1.807, 2.05) is 6.07 Å². The Labute approximate surface area is 94.2 Å². The predicted molar refractivity (Wildman–Crippen MR) is 59.1 cm³/mol. The molecule has 0 spiro atoms. The molecule has 0 fully saturated rings. The monoisotopic (exact) mass is 222 g/mol. The minimum absolute atomic E-state index is 0.00398. The normalized spacial score (nSPS) is 8.38. The lowest BCUT2D eigenvalue weighted by atomic mass is 10.1. The molecule has 0 heterocycles. The molecule has 0 bridgehead atoms. The van der Waals surface area contributed by atoms with E-state index in [0.29, 0.717) is 12.0 Å². The van der Waals surface area contributed by atoms with Crippen LogP contribution in [0.1, 0.15) is 23.7 Å². The standard InChI is InChI=1S/C10H10O2.C2H4O2/c1-8(11)7-10(12)9-5-3-2-4-6-9;1-4-2-3/h2-6H,7H2,1H3;2H,1H3. The van der Waals surface area contributed by atoms with Crippen molar-refractivity contribution >= 4 is 18.0 Å². The molecule has 16 heavy (non-hydrogen) atoms. The largest absolute Gasteiger partial charge is 0.471 e. The van der Waals surface area contributed by atoms with Crippen LogP contribution in [0.3, 0.4) is 0 Å². The van der Waals surface area contributed by atoms with E-state index < -0.39 is 0 Å². The van der Waals surface area contributed by atoms with Crippen molar-refractivity contribution in [3.63, 3.8) is 0 Å². The van der Waals surface area contributed by atoms with E-state index in [1.54, 1.807) is 24.3 Å². The quantitative estimate of drug-likeness (QED) is 0.441. The molecule has 4 nitrogen and oxygen atoms in total. The van der Waals surface area contributed by atoms with Gasteiger partial charge in [0.25, 0.3) is 6.47 Å². The van der Waals surface area contributed by atoms with Gasteiger partial charge in [0.1, 0.15) is 5.78 Å². The Hall–Kier alpha value is -1.97. The number of ether oxygens (including phenoxy) is 1. The highest BCUT2D eigenvalue weighted by Crippen LogP contribution is 2.02. The van der Waals surface area contributed by atoms with Crippen molar-refractivity contribution in [1.29, 1.82) is 0 Å². The molecule has 0 N–H and O–H groups in total. The highest BCUT2D eigenvalue weighted by atomic mass is 16.5. The SMILES string of the molecule is CC(=O)CC(=O)c1ccccc1.COC=O. The predicted octanol–water partition coefficient (Wildman–Crippen LogP) is 1.64. The fourth-order valence-electron chi connectivity index (χ4n) is 0.952. The van der Waals surface area contributed by atoms with Crippen LogP contribution in [-0.4, -0.2) is 25.1 Å². The van der Waals surface area contributed by atoms with E-state index in [-0.39, 0.29) is 18.0 Å². The van der Waals surface area contributed by atoms with Gasteiger partial charge in [-0.25, -0.2) is 0 Å². The second-order valence-corrected chi connectivity index (χ2v) is 3.00. The molecule has 0 saturated carbocycles. The number of Topliss-reactive ketones (excluding diaryl/α,β-unsaturated/α-hetero) is 2. The maximum absolute atomic E-state index is 11.2. The summed E-state index contributed by atoms with van der Waals surface area (Å²) in [6.07, 6.45) is 0.00398. The highest BCUT2D eigenvalue weighted by Gasteiger charge is 2.06. The minimum Gasteiger partial charge on any atom is -0.471 e. The minimum atomic E-state index is -0.108. The van der Waals surface area contributed by atoms with Gasteiger partial charge in [-0.3, -0.25) is 14.4 Å². The lowest BCUT2D eigenvalue weighted by Crippen LogP contribution is -2.04. The van der Waals surface area contributed by atoms with Gasteiger partial charge in [0.05, 0.1) is 13.5 Å². The summed E-state index contributed by atoms with van der Waals surface area (Å²) in [6.45, 7) is 1.79. The first-order chi connectivity index (χ1) is 7.61. The zero-order valence-corrected chi connectivity index (χ0v) is 9.30. The van der Waals surface area contributed by atoms with Gasteiger partial charge >= 0.3 is 0 Å². The van der Waals surface area contributed by atoms with Crippen molar-refractivity contribution in [2.45, 2.75) is 13.3 Å². The van der Waals surface area contributed by atoms with Crippen LogP contribution in [0.4, 0.5) is 0 Å². The Bertz CT molecular complexity index is 343. The van der Waals surface area contributed by atoms with Gasteiger partial charge in [-0.2, -0.15) is 0 Å². The van der Waals surface area contributed by atoms with E-state index in [9.17, 15) is 9.59 Å². The third kappa shape index (κ3) is 6.48. The van der Waals surface area contributed by atoms with E-state index in [1.165, 1.54) is 14.0 Å². The number of carbonyl (C=O) groups is 3. The van der Waals surface area contributed by atoms with Gasteiger partial charge in [-0.05, 0) is 6.92 Å². The number of benzene rings is 1. The summed E-state index contributed by atoms with van der Waals surface area (Å²) < 4.78 is 3.86. The van der Waals surface area contributed by atoms with Crippen LogP contribution in [0.25, 0.3) is 0 Å². The highest BCUT2D eigenvalue weighted by molar-refractivity contribution is 6.07. The summed E-state index contributed by atoms with van der Waals surface area (Å²) >= 11 is 0. The molecule has 0 atom stereocenters. The third-order valence-corrected chi connectivity index (χ3v) is 1.60. The molecule has 0 unspecified atom stereocenters. The van der Waals surface area contributed by atoms with Crippen molar-refractivity contribution < 1.29 is 19.1 Å². The molecule has 1 rings (SSSR count). The van der Waals surface area contributed by atoms with Gasteiger partial charge in [0.15, 0.2) is 5.78 Å². The number of hydrogen-bond acceptors (Lipinski definition) is 4. The zero-order chi connectivity index (χ0) is 12.4. The number of hydrogen-bond donors (Lipinski definition) is 0. The molecular formula is C12H14O4. The fraction of sp³-hybridized carbons (Fsp3) is 0.250. The van der Waals surface area contributed by atoms with Gasteiger partial charge in [0, 0.05) is 5.56 Å². The average Bonchev–Trinajstić information content (AvgIpc) is 2.30. The average molecular weight is 222 g/mol. The summed E-state index contributed by atoms with van der Waals surface area (Å²) in [6, 6.07) is 8.84. The van der Waals surface area contributed by atoms with E-state index in [2.05, 4.69) is 4.74 Å². The van der Waals surface area contributed by atoms with Crippen LogP contribution in [0, 0.1) is 0 Å². The van der Waals surface area contributed by atoms with Crippen LogP contribution in [0.2, 0.25) is 0 Å². The summed E-state index contributed by atoms with van der Waals surface area (Å²) in [4.78, 5) is 30.8. The molecule has 0 radical (unpaired) electrons. The fourth-order valence-corrected chi connectivity index (χ4v) is 0.952. The Morgan fingerprint density at radius 2 is 1.75 bits per heavy atom. The van der Waals surface area contributed by atoms with Gasteiger partial charge in [-0.1, -0.05) is 30.3 Å². The summed E-state index contributed by atoms with van der Waals surface area (Å²) in [5.41, 5.74) is 0.604. The molecule has 0 aliphatic rings. The molecule has 0 amide bonds. The number of ketones is 2. The smallest absolute Gasteiger partial charge is 0.292 e. The molecule has 0 aromatic heterocycles. The van der Waals surface area contributed by atoms with Crippen LogP contribution < -0.4 is 0 Å². The molecule has 0 aliphatic carbocycles. The van der Waals surface area contributed by atoms with Crippen molar-refractivity contribution in [2.24, 2.45) is 0 Å². The van der Waals surface area contributed by atoms with Crippen molar-refractivity contribution in [3.8, 4) is 0 Å². The molecule has 1 aromatic rings. The number of methoxy groups -OCH3 is 1. The molecule has 4 heteroatoms. The molecule has 86 valence electrons. The molecule has 0 aliphatic heterocycles. The maximum Gasteiger partial charge on any atom is 0.292 e. The van der Waals surface area contributed by atoms with Crippen molar-refractivity contribution in [1.82, 2.24) is 0 Å². The first-order valence-corrected chi connectivity index (χ1v) is 4.66. The second kappa shape index (κ2) is 8.35. The lowest BCUT2D eigenvalue weighted by molar-refractivity contribution is -0.126. The number of rotatable bonds is 4. The summed E-state index contributed by atoms with van der Waals surface area (Å²) in [7, 11) is 1.31. The Morgan fingerprint density at radius 3 is 2.12 bits per heavy atom. The lowest BCUT2D eigenvalue weighted by Gasteiger charge is -1.95. The summed E-state index contributed by atoms with van der Waals surface area (Å²) in [5, 5.41) is 0. The summed E-state index contributed by atoms with van der Waals surface area (Å²) in [5.74, 6) is -0.202. The zero-order valence-electron chi connectivity index (χ0n) is 9.30. The van der Waals surface area contributed by atoms with Crippen LogP contribution >= 0.6 is 0 Å². The molecular weight excluding hydrogens is 208 g/mol. The van der Waals surface area contributed by atoms with Gasteiger partial charge in [0.2, 0.25) is 0 Å². The Morgan fingerprint density at radius 1 is 1.25 bits per heavy atom. The Balaban J connectivity index is 0.000000487. The van der Waals surface area contributed by atoms with Crippen LogP contribution in [-0.2, 0) is 14.3 Å². The van der Waals surface area contributed by atoms with Crippen molar-refractivity contribution in [3.05, 3.63) is 35.9 Å². The van der Waals surface area contributed by atoms with Crippen LogP contribution in [0.15, 0.2) is 30.3 Å². The van der Waals surface area contributed by atoms with E-state index >= 15 is 0 Å². The third-order valence-electron chi connectivity index (χ3n) is 1.60. The van der Waals surface area contributed by atoms with Crippen molar-refractivity contribution in [2.75, 3.05) is 7.11 Å². The van der Waals surface area contributed by atoms with Crippen LogP contribution in [0.5, 0.6) is 0 Å². The molecule has 0 saturated heterocycles. The van der Waals surface area contributed by atoms with Gasteiger partial charge < -0.3 is 4.74 Å².